The summed E-state index contributed by atoms with van der Waals surface area (Å²) in [5.41, 5.74) is 1.04. The number of hydrogen-bond donors (Lipinski definition) is 0. The Kier molecular flexibility index (Phi) is 5.57. The standard InChI is InChI=1S/C18H27FN2O/c1-4-5-6-17(22)21-13-11-18(12-14-21,20(2)3)15-7-9-16(19)10-8-15/h7-10H,4-6,11-14H2,1-3H3. The van der Waals surface area contributed by atoms with Gasteiger partial charge in [-0.3, -0.25) is 9.69 Å². The van der Waals surface area contributed by atoms with E-state index in [1.54, 1.807) is 0 Å². The third-order valence-electron chi connectivity index (χ3n) is 4.93. The highest BCUT2D eigenvalue weighted by Gasteiger charge is 2.39. The number of amides is 1. The summed E-state index contributed by atoms with van der Waals surface area (Å²) in [6, 6.07) is 6.81. The van der Waals surface area contributed by atoms with Gasteiger partial charge in [-0.25, -0.2) is 4.39 Å². The Hall–Kier alpha value is -1.42. The van der Waals surface area contributed by atoms with E-state index in [4.69, 9.17) is 0 Å². The molecule has 0 aromatic heterocycles. The fraction of sp³-hybridized carbons (Fsp3) is 0.611. The maximum Gasteiger partial charge on any atom is 0.222 e. The molecule has 1 amide bonds. The zero-order valence-electron chi connectivity index (χ0n) is 13.9. The van der Waals surface area contributed by atoms with Crippen LogP contribution in [0.15, 0.2) is 24.3 Å². The first kappa shape index (κ1) is 16.9. The molecule has 22 heavy (non-hydrogen) atoms. The molecule has 2 rings (SSSR count). The maximum atomic E-state index is 13.2. The van der Waals surface area contributed by atoms with Gasteiger partial charge < -0.3 is 4.90 Å². The molecular formula is C18H27FN2O. The molecule has 4 heteroatoms. The lowest BCUT2D eigenvalue weighted by Crippen LogP contribution is -2.51. The Morgan fingerprint density at radius 3 is 2.32 bits per heavy atom. The number of unbranched alkanes of at least 4 members (excludes halogenated alkanes) is 1. The number of carbonyl (C=O) groups excluding carboxylic acids is 1. The monoisotopic (exact) mass is 306 g/mol. The van der Waals surface area contributed by atoms with Crippen LogP contribution in [0.5, 0.6) is 0 Å². The number of carbonyl (C=O) groups is 1. The van der Waals surface area contributed by atoms with E-state index in [1.165, 1.54) is 12.1 Å². The summed E-state index contributed by atoms with van der Waals surface area (Å²) in [6.07, 6.45) is 4.46. The Balaban J connectivity index is 2.10. The van der Waals surface area contributed by atoms with Gasteiger partial charge in [-0.05, 0) is 51.1 Å². The van der Waals surface area contributed by atoms with E-state index >= 15 is 0 Å². The number of likely N-dealkylation sites (tertiary alicyclic amines) is 1. The van der Waals surface area contributed by atoms with E-state index in [-0.39, 0.29) is 17.3 Å². The number of benzene rings is 1. The molecule has 1 aromatic carbocycles. The molecule has 0 bridgehead atoms. The lowest BCUT2D eigenvalue weighted by atomic mass is 9.79. The molecule has 122 valence electrons. The molecule has 0 atom stereocenters. The van der Waals surface area contributed by atoms with E-state index in [2.05, 4.69) is 25.9 Å². The topological polar surface area (TPSA) is 23.6 Å². The van der Waals surface area contributed by atoms with Gasteiger partial charge in [0.1, 0.15) is 5.82 Å². The van der Waals surface area contributed by atoms with Crippen molar-refractivity contribution >= 4 is 5.91 Å². The minimum Gasteiger partial charge on any atom is -0.343 e. The molecule has 0 radical (unpaired) electrons. The smallest absolute Gasteiger partial charge is 0.222 e. The van der Waals surface area contributed by atoms with Crippen molar-refractivity contribution in [1.29, 1.82) is 0 Å². The van der Waals surface area contributed by atoms with Crippen molar-refractivity contribution in [3.63, 3.8) is 0 Å². The molecule has 0 saturated carbocycles. The number of piperidine rings is 1. The molecule has 1 fully saturated rings. The van der Waals surface area contributed by atoms with E-state index in [9.17, 15) is 9.18 Å². The SMILES string of the molecule is CCCCC(=O)N1CCC(c2ccc(F)cc2)(N(C)C)CC1. The molecule has 0 spiro atoms. The van der Waals surface area contributed by atoms with Crippen LogP contribution in [0.1, 0.15) is 44.6 Å². The quantitative estimate of drug-likeness (QED) is 0.832. The van der Waals surface area contributed by atoms with Crippen LogP contribution in [0.3, 0.4) is 0 Å². The van der Waals surface area contributed by atoms with Gasteiger partial charge in [-0.2, -0.15) is 0 Å². The van der Waals surface area contributed by atoms with Crippen LogP contribution >= 0.6 is 0 Å². The fourth-order valence-corrected chi connectivity index (χ4v) is 3.37. The molecule has 0 aliphatic carbocycles. The Morgan fingerprint density at radius 1 is 1.23 bits per heavy atom. The van der Waals surface area contributed by atoms with Crippen LogP contribution in [-0.2, 0) is 10.3 Å². The van der Waals surface area contributed by atoms with Gasteiger partial charge in [0.05, 0.1) is 0 Å². The molecule has 0 N–H and O–H groups in total. The van der Waals surface area contributed by atoms with Crippen LogP contribution in [-0.4, -0.2) is 42.9 Å². The summed E-state index contributed by atoms with van der Waals surface area (Å²) in [5.74, 6) is 0.0677. The molecule has 3 nitrogen and oxygen atoms in total. The van der Waals surface area contributed by atoms with Crippen molar-refractivity contribution in [3.8, 4) is 0 Å². The van der Waals surface area contributed by atoms with Gasteiger partial charge in [0.2, 0.25) is 5.91 Å². The second kappa shape index (κ2) is 7.23. The van der Waals surface area contributed by atoms with Crippen molar-refractivity contribution in [2.24, 2.45) is 0 Å². The van der Waals surface area contributed by atoms with Crippen LogP contribution in [0.25, 0.3) is 0 Å². The first-order valence-electron chi connectivity index (χ1n) is 8.21. The highest BCUT2D eigenvalue weighted by Crippen LogP contribution is 2.37. The van der Waals surface area contributed by atoms with Gasteiger partial charge in [-0.1, -0.05) is 25.5 Å². The molecule has 1 aliphatic heterocycles. The van der Waals surface area contributed by atoms with E-state index in [1.807, 2.05) is 17.0 Å². The predicted octanol–water partition coefficient (Wildman–Crippen LogP) is 3.40. The molecule has 1 saturated heterocycles. The minimum absolute atomic E-state index is 0.102. The van der Waals surface area contributed by atoms with Gasteiger partial charge in [-0.15, -0.1) is 0 Å². The third-order valence-corrected chi connectivity index (χ3v) is 4.93. The zero-order chi connectivity index (χ0) is 16.2. The van der Waals surface area contributed by atoms with Crippen molar-refractivity contribution in [1.82, 2.24) is 9.80 Å². The van der Waals surface area contributed by atoms with E-state index in [0.29, 0.717) is 6.42 Å². The largest absolute Gasteiger partial charge is 0.343 e. The normalized spacial score (nSPS) is 17.8. The predicted molar refractivity (Wildman–Crippen MR) is 87.1 cm³/mol. The summed E-state index contributed by atoms with van der Waals surface area (Å²) in [5, 5.41) is 0. The van der Waals surface area contributed by atoms with E-state index < -0.39 is 0 Å². The second-order valence-electron chi connectivity index (χ2n) is 6.42. The Labute approximate surface area is 133 Å². The maximum absolute atomic E-state index is 13.2. The van der Waals surface area contributed by atoms with Crippen molar-refractivity contribution in [2.75, 3.05) is 27.2 Å². The molecular weight excluding hydrogens is 279 g/mol. The fourth-order valence-electron chi connectivity index (χ4n) is 3.37. The molecule has 1 aliphatic rings. The van der Waals surface area contributed by atoms with Crippen LogP contribution in [0.4, 0.5) is 4.39 Å². The van der Waals surface area contributed by atoms with Gasteiger partial charge >= 0.3 is 0 Å². The lowest BCUT2D eigenvalue weighted by Gasteiger charge is -2.46. The van der Waals surface area contributed by atoms with Gasteiger partial charge in [0, 0.05) is 25.0 Å². The Morgan fingerprint density at radius 2 is 1.82 bits per heavy atom. The van der Waals surface area contributed by atoms with E-state index in [0.717, 1.165) is 44.3 Å². The number of nitrogens with zero attached hydrogens (tertiary/aromatic N) is 2. The summed E-state index contributed by atoms with van der Waals surface area (Å²) in [4.78, 5) is 16.4. The number of rotatable bonds is 5. The number of halogens is 1. The first-order valence-corrected chi connectivity index (χ1v) is 8.21. The minimum atomic E-state index is -0.204. The second-order valence-corrected chi connectivity index (χ2v) is 6.42. The zero-order valence-corrected chi connectivity index (χ0v) is 13.9. The molecule has 1 aromatic rings. The molecule has 1 heterocycles. The average Bonchev–Trinajstić information content (AvgIpc) is 2.53. The summed E-state index contributed by atoms with van der Waals surface area (Å²) >= 11 is 0. The van der Waals surface area contributed by atoms with Crippen molar-refractivity contribution in [3.05, 3.63) is 35.6 Å². The number of hydrogen-bond acceptors (Lipinski definition) is 2. The lowest BCUT2D eigenvalue weighted by molar-refractivity contribution is -0.134. The summed E-state index contributed by atoms with van der Waals surface area (Å²) in [7, 11) is 4.13. The van der Waals surface area contributed by atoms with Gasteiger partial charge in [0.25, 0.3) is 0 Å². The average molecular weight is 306 g/mol. The summed E-state index contributed by atoms with van der Waals surface area (Å²) in [6.45, 7) is 3.66. The van der Waals surface area contributed by atoms with Crippen molar-refractivity contribution in [2.45, 2.75) is 44.6 Å². The highest BCUT2D eigenvalue weighted by atomic mass is 19.1. The van der Waals surface area contributed by atoms with Gasteiger partial charge in [0.15, 0.2) is 0 Å². The highest BCUT2D eigenvalue weighted by molar-refractivity contribution is 5.76. The Bertz CT molecular complexity index is 490. The third kappa shape index (κ3) is 3.49. The summed E-state index contributed by atoms with van der Waals surface area (Å²) < 4.78 is 13.2. The first-order chi connectivity index (χ1) is 10.5. The van der Waals surface area contributed by atoms with Crippen LogP contribution in [0.2, 0.25) is 0 Å². The molecule has 0 unspecified atom stereocenters. The van der Waals surface area contributed by atoms with Crippen molar-refractivity contribution < 1.29 is 9.18 Å². The van der Waals surface area contributed by atoms with Crippen LogP contribution < -0.4 is 0 Å². The van der Waals surface area contributed by atoms with Crippen LogP contribution in [0, 0.1) is 5.82 Å².